The Bertz CT molecular complexity index is 649. The Morgan fingerprint density at radius 1 is 1.50 bits per heavy atom. The largest absolute Gasteiger partial charge is 0.344 e. The van der Waals surface area contributed by atoms with Crippen LogP contribution in [0.15, 0.2) is 18.5 Å². The highest BCUT2D eigenvalue weighted by atomic mass is 35.5. The summed E-state index contributed by atoms with van der Waals surface area (Å²) in [6, 6.07) is 2.63. The fourth-order valence-corrected chi connectivity index (χ4v) is 2.82. The molecule has 122 valence electrons. The van der Waals surface area contributed by atoms with Crippen LogP contribution >= 0.6 is 24.8 Å². The van der Waals surface area contributed by atoms with Gasteiger partial charge in [-0.3, -0.25) is 4.79 Å². The van der Waals surface area contributed by atoms with Gasteiger partial charge in [0.25, 0.3) is 5.91 Å². The van der Waals surface area contributed by atoms with E-state index in [-0.39, 0.29) is 30.7 Å². The Labute approximate surface area is 140 Å². The van der Waals surface area contributed by atoms with Crippen molar-refractivity contribution in [1.29, 1.82) is 0 Å². The molecule has 2 aromatic rings. The molecule has 0 aliphatic carbocycles. The van der Waals surface area contributed by atoms with Gasteiger partial charge in [-0.25, -0.2) is 9.37 Å². The summed E-state index contributed by atoms with van der Waals surface area (Å²) in [5, 5.41) is 3.13. The van der Waals surface area contributed by atoms with Crippen molar-refractivity contribution in [2.24, 2.45) is 5.92 Å². The first-order chi connectivity index (χ1) is 9.69. The van der Waals surface area contributed by atoms with E-state index in [9.17, 15) is 9.18 Å². The fourth-order valence-electron chi connectivity index (χ4n) is 2.82. The van der Waals surface area contributed by atoms with Crippen molar-refractivity contribution in [2.45, 2.75) is 6.42 Å². The van der Waals surface area contributed by atoms with Crippen molar-refractivity contribution in [1.82, 2.24) is 20.2 Å². The van der Waals surface area contributed by atoms with E-state index >= 15 is 0 Å². The van der Waals surface area contributed by atoms with Crippen molar-refractivity contribution in [3.8, 4) is 0 Å². The number of aromatic amines is 1. The zero-order valence-electron chi connectivity index (χ0n) is 12.1. The van der Waals surface area contributed by atoms with Crippen LogP contribution in [-0.2, 0) is 0 Å². The zero-order chi connectivity index (χ0) is 14.1. The quantitative estimate of drug-likeness (QED) is 0.893. The molecule has 0 radical (unpaired) electrons. The molecule has 2 N–H and O–H groups in total. The Kier molecular flexibility index (Phi) is 6.59. The van der Waals surface area contributed by atoms with Crippen molar-refractivity contribution in [2.75, 3.05) is 26.7 Å². The lowest BCUT2D eigenvalue weighted by molar-refractivity contribution is 0.0788. The summed E-state index contributed by atoms with van der Waals surface area (Å²) in [5.74, 6) is -0.0940. The number of carbonyl (C=O) groups excluding carboxylic acids is 1. The van der Waals surface area contributed by atoms with Crippen LogP contribution in [0.25, 0.3) is 11.0 Å². The molecule has 1 fully saturated rings. The van der Waals surface area contributed by atoms with E-state index in [1.807, 2.05) is 7.05 Å². The van der Waals surface area contributed by atoms with Crippen LogP contribution in [0.1, 0.15) is 16.8 Å². The standard InChI is InChI=1S/C14H17FN4O.2ClH/c1-16-6-9-2-3-19(7-9)14(20)11-4-10(15)5-12-13(11)18-8-17-12;;/h4-5,8-9,16H,2-3,6-7H2,1H3,(H,17,18);2*1H. The second kappa shape index (κ2) is 7.76. The normalized spacial score (nSPS) is 17.2. The van der Waals surface area contributed by atoms with Gasteiger partial charge in [0, 0.05) is 13.1 Å². The second-order valence-corrected chi connectivity index (χ2v) is 5.22. The van der Waals surface area contributed by atoms with Gasteiger partial charge in [-0.05, 0) is 38.1 Å². The molecule has 1 aliphatic heterocycles. The summed E-state index contributed by atoms with van der Waals surface area (Å²) in [4.78, 5) is 21.3. The summed E-state index contributed by atoms with van der Waals surface area (Å²) < 4.78 is 13.6. The predicted molar refractivity (Wildman–Crippen MR) is 88.5 cm³/mol. The number of aromatic nitrogens is 2. The van der Waals surface area contributed by atoms with E-state index in [1.54, 1.807) is 4.90 Å². The number of H-pyrrole nitrogens is 1. The van der Waals surface area contributed by atoms with Crippen molar-refractivity contribution < 1.29 is 9.18 Å². The number of hydrogen-bond donors (Lipinski definition) is 2. The van der Waals surface area contributed by atoms with Gasteiger partial charge in [0.2, 0.25) is 0 Å². The average Bonchev–Trinajstić information content (AvgIpc) is 3.06. The zero-order valence-corrected chi connectivity index (χ0v) is 13.8. The maximum Gasteiger partial charge on any atom is 0.256 e. The molecule has 8 heteroatoms. The first kappa shape index (κ1) is 18.7. The third kappa shape index (κ3) is 3.51. The number of nitrogens with zero attached hydrogens (tertiary/aromatic N) is 2. The van der Waals surface area contributed by atoms with E-state index in [0.717, 1.165) is 13.0 Å². The minimum Gasteiger partial charge on any atom is -0.344 e. The lowest BCUT2D eigenvalue weighted by Gasteiger charge is -2.17. The number of benzene rings is 1. The van der Waals surface area contributed by atoms with Crippen LogP contribution in [0, 0.1) is 11.7 Å². The molecule has 0 bridgehead atoms. The van der Waals surface area contributed by atoms with Crippen molar-refractivity contribution >= 4 is 41.8 Å². The van der Waals surface area contributed by atoms with Crippen LogP contribution in [0.4, 0.5) is 4.39 Å². The molecule has 5 nitrogen and oxygen atoms in total. The van der Waals surface area contributed by atoms with E-state index < -0.39 is 5.82 Å². The number of hydrogen-bond acceptors (Lipinski definition) is 3. The Hall–Kier alpha value is -1.37. The summed E-state index contributed by atoms with van der Waals surface area (Å²) in [6.45, 7) is 2.32. The highest BCUT2D eigenvalue weighted by Crippen LogP contribution is 2.23. The molecule has 1 aliphatic rings. The van der Waals surface area contributed by atoms with Crippen LogP contribution in [0.3, 0.4) is 0 Å². The van der Waals surface area contributed by atoms with E-state index in [2.05, 4.69) is 15.3 Å². The van der Waals surface area contributed by atoms with E-state index in [1.165, 1.54) is 18.5 Å². The summed E-state index contributed by atoms with van der Waals surface area (Å²) >= 11 is 0. The number of likely N-dealkylation sites (tertiary alicyclic amines) is 1. The van der Waals surface area contributed by atoms with E-state index in [4.69, 9.17) is 0 Å². The van der Waals surface area contributed by atoms with Gasteiger partial charge in [-0.1, -0.05) is 0 Å². The molecule has 2 heterocycles. The van der Waals surface area contributed by atoms with Crippen LogP contribution in [0.2, 0.25) is 0 Å². The van der Waals surface area contributed by atoms with Crippen LogP contribution < -0.4 is 5.32 Å². The summed E-state index contributed by atoms with van der Waals surface area (Å²) in [7, 11) is 1.91. The molecule has 1 aromatic heterocycles. The van der Waals surface area contributed by atoms with Gasteiger partial charge >= 0.3 is 0 Å². The lowest BCUT2D eigenvalue weighted by atomic mass is 10.1. The van der Waals surface area contributed by atoms with Crippen molar-refractivity contribution in [3.05, 3.63) is 29.8 Å². The molecular formula is C14H19Cl2FN4O. The molecule has 1 atom stereocenters. The SMILES string of the molecule is CNCC1CCN(C(=O)c2cc(F)cc3[nH]cnc23)C1.Cl.Cl. The number of amides is 1. The smallest absolute Gasteiger partial charge is 0.256 e. The molecular weight excluding hydrogens is 330 g/mol. The Morgan fingerprint density at radius 3 is 3.00 bits per heavy atom. The molecule has 1 amide bonds. The van der Waals surface area contributed by atoms with Gasteiger partial charge in [0.15, 0.2) is 0 Å². The molecule has 0 saturated carbocycles. The number of halogens is 3. The molecule has 1 saturated heterocycles. The highest BCUT2D eigenvalue weighted by molar-refractivity contribution is 6.04. The first-order valence-corrected chi connectivity index (χ1v) is 6.75. The minimum absolute atomic E-state index is 0. The fraction of sp³-hybridized carbons (Fsp3) is 0.429. The molecule has 22 heavy (non-hydrogen) atoms. The van der Waals surface area contributed by atoms with Gasteiger partial charge < -0.3 is 15.2 Å². The molecule has 0 spiro atoms. The minimum atomic E-state index is -0.420. The first-order valence-electron chi connectivity index (χ1n) is 6.75. The van der Waals surface area contributed by atoms with Crippen LogP contribution in [-0.4, -0.2) is 47.5 Å². The van der Waals surface area contributed by atoms with Gasteiger partial charge in [-0.2, -0.15) is 0 Å². The average molecular weight is 349 g/mol. The number of nitrogens with one attached hydrogen (secondary N) is 2. The third-order valence-electron chi connectivity index (χ3n) is 3.78. The Morgan fingerprint density at radius 2 is 2.27 bits per heavy atom. The number of rotatable bonds is 3. The number of imidazole rings is 1. The third-order valence-corrected chi connectivity index (χ3v) is 3.78. The van der Waals surface area contributed by atoms with Crippen molar-refractivity contribution in [3.63, 3.8) is 0 Å². The maximum atomic E-state index is 13.6. The molecule has 1 aromatic carbocycles. The topological polar surface area (TPSA) is 61.0 Å². The maximum absolute atomic E-state index is 13.6. The monoisotopic (exact) mass is 348 g/mol. The van der Waals surface area contributed by atoms with Gasteiger partial charge in [-0.15, -0.1) is 24.8 Å². The van der Waals surface area contributed by atoms with Gasteiger partial charge in [0.05, 0.1) is 17.4 Å². The number of fused-ring (bicyclic) bond motifs is 1. The lowest BCUT2D eigenvalue weighted by Crippen LogP contribution is -2.30. The molecule has 3 rings (SSSR count). The predicted octanol–water partition coefficient (Wildman–Crippen LogP) is 2.23. The van der Waals surface area contributed by atoms with Gasteiger partial charge in [0.1, 0.15) is 11.3 Å². The summed E-state index contributed by atoms with van der Waals surface area (Å²) in [5.41, 5.74) is 1.43. The highest BCUT2D eigenvalue weighted by Gasteiger charge is 2.28. The second-order valence-electron chi connectivity index (χ2n) is 5.22. The summed E-state index contributed by atoms with van der Waals surface area (Å²) in [6.07, 6.45) is 2.46. The number of carbonyl (C=O) groups is 1. The van der Waals surface area contributed by atoms with Crippen LogP contribution in [0.5, 0.6) is 0 Å². The Balaban J connectivity index is 0.00000121. The van der Waals surface area contributed by atoms with E-state index in [0.29, 0.717) is 35.6 Å². The molecule has 1 unspecified atom stereocenters.